The molecule has 0 saturated carbocycles. The molecule has 1 aromatic carbocycles. The largest absolute Gasteiger partial charge is 0.459 e. The van der Waals surface area contributed by atoms with Gasteiger partial charge in [-0.2, -0.15) is 5.26 Å². The van der Waals surface area contributed by atoms with Gasteiger partial charge in [0.2, 0.25) is 0 Å². The Bertz CT molecular complexity index is 1400. The fourth-order valence-electron chi connectivity index (χ4n) is 3.14. The van der Waals surface area contributed by atoms with Gasteiger partial charge in [0.15, 0.2) is 11.3 Å². The van der Waals surface area contributed by atoms with Crippen LogP contribution in [0.1, 0.15) is 26.3 Å². The Morgan fingerprint density at radius 2 is 1.88 bits per heavy atom. The summed E-state index contributed by atoms with van der Waals surface area (Å²) < 4.78 is 6.66. The summed E-state index contributed by atoms with van der Waals surface area (Å²) >= 11 is 1.36. The van der Waals surface area contributed by atoms with E-state index in [1.807, 2.05) is 0 Å². The monoisotopic (exact) mass is 445 g/mol. The molecule has 0 N–H and O–H groups in total. The van der Waals surface area contributed by atoms with Crippen LogP contribution in [0.5, 0.6) is 0 Å². The number of carbonyl (C=O) groups is 1. The van der Waals surface area contributed by atoms with Crippen LogP contribution in [0.15, 0.2) is 52.1 Å². The van der Waals surface area contributed by atoms with Gasteiger partial charge in [-0.15, -0.1) is 11.3 Å². The van der Waals surface area contributed by atoms with Crippen molar-refractivity contribution in [1.29, 1.82) is 5.26 Å². The molecule has 0 saturated heterocycles. The minimum atomic E-state index is -0.688. The fraction of sp³-hybridized carbons (Fsp3) is 0.217. The van der Waals surface area contributed by atoms with Gasteiger partial charge in [-0.25, -0.2) is 15.0 Å². The van der Waals surface area contributed by atoms with E-state index in [1.165, 1.54) is 15.9 Å². The Morgan fingerprint density at radius 3 is 2.50 bits per heavy atom. The van der Waals surface area contributed by atoms with E-state index in [0.717, 1.165) is 5.56 Å². The van der Waals surface area contributed by atoms with Crippen LogP contribution in [0.2, 0.25) is 0 Å². The minimum Gasteiger partial charge on any atom is -0.459 e. The van der Waals surface area contributed by atoms with Crippen LogP contribution < -0.4 is 5.56 Å². The molecule has 3 heterocycles. The Kier molecular flexibility index (Phi) is 5.55. The van der Waals surface area contributed by atoms with Crippen molar-refractivity contribution < 1.29 is 9.53 Å². The summed E-state index contributed by atoms with van der Waals surface area (Å²) in [6, 6.07) is 12.5. The number of ether oxygens (including phenoxy) is 1. The molecular weight excluding hydrogens is 426 g/mol. The Morgan fingerprint density at radius 1 is 1.12 bits per heavy atom. The molecule has 0 spiro atoms. The smallest absolute Gasteiger partial charge is 0.326 e. The van der Waals surface area contributed by atoms with Gasteiger partial charge in [-0.3, -0.25) is 14.2 Å². The number of hydrogen-bond acceptors (Lipinski definition) is 8. The third-order valence-electron chi connectivity index (χ3n) is 4.48. The normalized spacial score (nSPS) is 11.3. The molecule has 4 rings (SSSR count). The van der Waals surface area contributed by atoms with Crippen LogP contribution >= 0.6 is 11.3 Å². The van der Waals surface area contributed by atoms with Crippen molar-refractivity contribution in [2.45, 2.75) is 32.9 Å². The topological polar surface area (TPSA) is 111 Å². The van der Waals surface area contributed by atoms with Crippen LogP contribution in [0.4, 0.5) is 0 Å². The molecule has 9 heteroatoms. The zero-order valence-electron chi connectivity index (χ0n) is 17.7. The third kappa shape index (κ3) is 4.40. The van der Waals surface area contributed by atoms with Crippen molar-refractivity contribution >= 4 is 28.3 Å². The van der Waals surface area contributed by atoms with Gasteiger partial charge in [-0.05, 0) is 45.0 Å². The predicted molar refractivity (Wildman–Crippen MR) is 121 cm³/mol. The fourth-order valence-corrected chi connectivity index (χ4v) is 3.67. The molecule has 0 amide bonds. The number of fused-ring (bicyclic) bond motifs is 1. The standard InChI is InChI=1S/C23H19N5O3S/c1-23(2,3)31-19(29)11-28-21(18-12-32-13-25-18)27-17-9-8-16(26-20(17)22(28)30)15-6-4-14(10-24)5-7-15/h4-9,12-13H,11H2,1-3H3. The molecule has 8 nitrogen and oxygen atoms in total. The zero-order chi connectivity index (χ0) is 22.9. The summed E-state index contributed by atoms with van der Waals surface area (Å²) in [6.45, 7) is 4.98. The van der Waals surface area contributed by atoms with E-state index < -0.39 is 17.1 Å². The molecule has 0 fully saturated rings. The van der Waals surface area contributed by atoms with E-state index in [2.05, 4.69) is 21.0 Å². The molecule has 0 aliphatic carbocycles. The van der Waals surface area contributed by atoms with Crippen molar-refractivity contribution in [3.8, 4) is 28.8 Å². The molecule has 0 unspecified atom stereocenters. The lowest BCUT2D eigenvalue weighted by atomic mass is 10.1. The number of hydrogen-bond donors (Lipinski definition) is 0. The highest BCUT2D eigenvalue weighted by Crippen LogP contribution is 2.22. The SMILES string of the molecule is CC(C)(C)OC(=O)Cn1c(-c2cscn2)nc2ccc(-c3ccc(C#N)cc3)nc2c1=O. The summed E-state index contributed by atoms with van der Waals surface area (Å²) in [5.41, 5.74) is 3.36. The number of pyridine rings is 1. The first-order chi connectivity index (χ1) is 15.2. The van der Waals surface area contributed by atoms with E-state index >= 15 is 0 Å². The van der Waals surface area contributed by atoms with E-state index in [9.17, 15) is 9.59 Å². The van der Waals surface area contributed by atoms with Gasteiger partial charge in [0.05, 0.1) is 28.4 Å². The molecule has 3 aromatic heterocycles. The third-order valence-corrected chi connectivity index (χ3v) is 5.07. The number of rotatable bonds is 4. The highest BCUT2D eigenvalue weighted by molar-refractivity contribution is 7.07. The predicted octanol–water partition coefficient (Wildman–Crippen LogP) is 3.80. The molecule has 4 aromatic rings. The van der Waals surface area contributed by atoms with Crippen molar-refractivity contribution in [2.24, 2.45) is 0 Å². The highest BCUT2D eigenvalue weighted by atomic mass is 32.1. The van der Waals surface area contributed by atoms with Crippen molar-refractivity contribution in [2.75, 3.05) is 0 Å². The van der Waals surface area contributed by atoms with Crippen LogP contribution in [-0.4, -0.2) is 31.1 Å². The number of nitriles is 1. The van der Waals surface area contributed by atoms with E-state index in [1.54, 1.807) is 68.1 Å². The number of nitrogens with zero attached hydrogens (tertiary/aromatic N) is 5. The molecule has 0 aliphatic heterocycles. The Hall–Kier alpha value is -3.90. The lowest BCUT2D eigenvalue weighted by molar-refractivity contribution is -0.155. The lowest BCUT2D eigenvalue weighted by Crippen LogP contribution is -2.32. The molecule has 0 aliphatic rings. The second-order valence-electron chi connectivity index (χ2n) is 8.04. The second kappa shape index (κ2) is 8.32. The first-order valence-corrected chi connectivity index (χ1v) is 10.7. The number of aromatic nitrogens is 4. The van der Waals surface area contributed by atoms with Crippen molar-refractivity contribution in [3.05, 3.63) is 63.2 Å². The average molecular weight is 446 g/mol. The first-order valence-electron chi connectivity index (χ1n) is 9.78. The van der Waals surface area contributed by atoms with Gasteiger partial charge >= 0.3 is 5.97 Å². The maximum absolute atomic E-state index is 13.4. The zero-order valence-corrected chi connectivity index (χ0v) is 18.5. The number of thiazole rings is 1. The van der Waals surface area contributed by atoms with Gasteiger partial charge in [0.25, 0.3) is 5.56 Å². The van der Waals surface area contributed by atoms with Crippen molar-refractivity contribution in [1.82, 2.24) is 19.5 Å². The van der Waals surface area contributed by atoms with E-state index in [4.69, 9.17) is 10.00 Å². The maximum Gasteiger partial charge on any atom is 0.326 e. The Labute approximate surface area is 187 Å². The number of benzene rings is 1. The molecule has 32 heavy (non-hydrogen) atoms. The Balaban J connectivity index is 1.85. The van der Waals surface area contributed by atoms with Crippen LogP contribution in [0.3, 0.4) is 0 Å². The number of carbonyl (C=O) groups excluding carboxylic acids is 1. The highest BCUT2D eigenvalue weighted by Gasteiger charge is 2.22. The van der Waals surface area contributed by atoms with Gasteiger partial charge in [-0.1, -0.05) is 12.1 Å². The molecule has 160 valence electrons. The van der Waals surface area contributed by atoms with E-state index in [0.29, 0.717) is 22.5 Å². The van der Waals surface area contributed by atoms with Crippen LogP contribution in [0.25, 0.3) is 33.8 Å². The van der Waals surface area contributed by atoms with E-state index in [-0.39, 0.29) is 17.9 Å². The summed E-state index contributed by atoms with van der Waals surface area (Å²) in [4.78, 5) is 39.3. The first kappa shape index (κ1) is 21.3. The maximum atomic E-state index is 13.4. The summed E-state index contributed by atoms with van der Waals surface area (Å²) in [7, 11) is 0. The second-order valence-corrected chi connectivity index (χ2v) is 8.76. The number of esters is 1. The van der Waals surface area contributed by atoms with Gasteiger partial charge < -0.3 is 4.74 Å². The molecule has 0 bridgehead atoms. The summed E-state index contributed by atoms with van der Waals surface area (Å²) in [5.74, 6) is -0.275. The molecular formula is C23H19N5O3S. The van der Waals surface area contributed by atoms with Gasteiger partial charge in [0.1, 0.15) is 17.8 Å². The minimum absolute atomic E-state index is 0.134. The summed E-state index contributed by atoms with van der Waals surface area (Å²) in [6.07, 6.45) is 0. The quantitative estimate of drug-likeness (QED) is 0.439. The van der Waals surface area contributed by atoms with Gasteiger partial charge in [0, 0.05) is 10.9 Å². The average Bonchev–Trinajstić information content (AvgIpc) is 3.29. The summed E-state index contributed by atoms with van der Waals surface area (Å²) in [5, 5.41) is 10.8. The van der Waals surface area contributed by atoms with Crippen molar-refractivity contribution in [3.63, 3.8) is 0 Å². The van der Waals surface area contributed by atoms with Crippen LogP contribution in [0, 0.1) is 11.3 Å². The molecule has 0 radical (unpaired) electrons. The molecule has 0 atom stereocenters. The van der Waals surface area contributed by atoms with Crippen LogP contribution in [-0.2, 0) is 16.1 Å². The lowest BCUT2D eigenvalue weighted by Gasteiger charge is -2.20.